The smallest absolute Gasteiger partial charge is 0.223 e. The molecule has 2 rings (SSSR count). The fourth-order valence-electron chi connectivity index (χ4n) is 1.56. The fraction of sp³-hybridized carbons (Fsp3) is 0.167. The third kappa shape index (κ3) is 2.65. The normalized spacial score (nSPS) is 10.3. The summed E-state index contributed by atoms with van der Waals surface area (Å²) >= 11 is 5.86. The Kier molecular flexibility index (Phi) is 3.15. The molecule has 0 aliphatic heterocycles. The van der Waals surface area contributed by atoms with Crippen LogP contribution in [0.5, 0.6) is 0 Å². The number of anilines is 3. The lowest BCUT2D eigenvalue weighted by atomic mass is 10.2. The minimum Gasteiger partial charge on any atom is -0.368 e. The summed E-state index contributed by atoms with van der Waals surface area (Å²) in [5, 5.41) is 0.340. The van der Waals surface area contributed by atoms with E-state index in [9.17, 15) is 0 Å². The van der Waals surface area contributed by atoms with Gasteiger partial charge in [0.2, 0.25) is 5.95 Å². The third-order valence-electron chi connectivity index (χ3n) is 2.43. The molecule has 1 aromatic carbocycles. The van der Waals surface area contributed by atoms with Crippen LogP contribution in [0.4, 0.5) is 17.5 Å². The first kappa shape index (κ1) is 11.7. The van der Waals surface area contributed by atoms with Gasteiger partial charge in [0, 0.05) is 18.8 Å². The number of benzene rings is 1. The van der Waals surface area contributed by atoms with Gasteiger partial charge in [-0.3, -0.25) is 0 Å². The Morgan fingerprint density at radius 3 is 2.65 bits per heavy atom. The van der Waals surface area contributed by atoms with Crippen molar-refractivity contribution in [3.63, 3.8) is 0 Å². The Balaban J connectivity index is 2.39. The predicted octanol–water partition coefficient (Wildman–Crippen LogP) is 2.79. The van der Waals surface area contributed by atoms with Gasteiger partial charge in [0.25, 0.3) is 0 Å². The summed E-state index contributed by atoms with van der Waals surface area (Å²) < 4.78 is 0. The first-order valence-corrected chi connectivity index (χ1v) is 5.54. The summed E-state index contributed by atoms with van der Waals surface area (Å²) in [6.45, 7) is 2.04. The van der Waals surface area contributed by atoms with Crippen LogP contribution in [0.2, 0.25) is 5.15 Å². The maximum absolute atomic E-state index is 5.86. The minimum absolute atomic E-state index is 0.173. The summed E-state index contributed by atoms with van der Waals surface area (Å²) in [5.74, 6) is 0.847. The molecule has 88 valence electrons. The highest BCUT2D eigenvalue weighted by Crippen LogP contribution is 2.24. The highest BCUT2D eigenvalue weighted by Gasteiger charge is 2.08. The Hall–Kier alpha value is -1.81. The van der Waals surface area contributed by atoms with E-state index in [-0.39, 0.29) is 5.95 Å². The zero-order chi connectivity index (χ0) is 12.4. The van der Waals surface area contributed by atoms with Crippen molar-refractivity contribution in [1.82, 2.24) is 9.97 Å². The number of nitrogens with two attached hydrogens (primary N) is 1. The van der Waals surface area contributed by atoms with Gasteiger partial charge in [-0.2, -0.15) is 4.98 Å². The predicted molar refractivity (Wildman–Crippen MR) is 70.7 cm³/mol. The molecule has 4 nitrogen and oxygen atoms in total. The topological polar surface area (TPSA) is 55.0 Å². The van der Waals surface area contributed by atoms with Crippen molar-refractivity contribution in [2.75, 3.05) is 17.7 Å². The Morgan fingerprint density at radius 1 is 1.24 bits per heavy atom. The largest absolute Gasteiger partial charge is 0.368 e. The van der Waals surface area contributed by atoms with E-state index in [0.717, 1.165) is 5.69 Å². The lowest BCUT2D eigenvalue weighted by Crippen LogP contribution is -2.12. The molecule has 0 bridgehead atoms. The molecule has 0 unspecified atom stereocenters. The van der Waals surface area contributed by atoms with Crippen molar-refractivity contribution in [2.45, 2.75) is 6.92 Å². The van der Waals surface area contributed by atoms with E-state index < -0.39 is 0 Å². The lowest BCUT2D eigenvalue weighted by Gasteiger charge is -2.18. The maximum Gasteiger partial charge on any atom is 0.223 e. The van der Waals surface area contributed by atoms with Gasteiger partial charge in [-0.25, -0.2) is 4.98 Å². The van der Waals surface area contributed by atoms with Gasteiger partial charge in [-0.05, 0) is 24.6 Å². The van der Waals surface area contributed by atoms with E-state index in [1.54, 1.807) is 6.07 Å². The highest BCUT2D eigenvalue weighted by atomic mass is 35.5. The molecule has 0 spiro atoms. The van der Waals surface area contributed by atoms with Gasteiger partial charge in [-0.15, -0.1) is 0 Å². The maximum atomic E-state index is 5.86. The zero-order valence-electron chi connectivity index (χ0n) is 9.68. The van der Waals surface area contributed by atoms with Crippen molar-refractivity contribution < 1.29 is 0 Å². The Morgan fingerprint density at radius 2 is 2.00 bits per heavy atom. The van der Waals surface area contributed by atoms with Gasteiger partial charge in [0.1, 0.15) is 11.0 Å². The fourth-order valence-corrected chi connectivity index (χ4v) is 1.75. The zero-order valence-corrected chi connectivity index (χ0v) is 10.4. The van der Waals surface area contributed by atoms with Crippen molar-refractivity contribution in [1.29, 1.82) is 0 Å². The molecule has 0 aliphatic rings. The van der Waals surface area contributed by atoms with E-state index in [1.165, 1.54) is 5.56 Å². The standard InChI is InChI=1S/C12H13ClN4/c1-8-4-3-5-9(6-8)17(2)11-7-10(13)15-12(14)16-11/h3-7H,1-2H3,(H2,14,15,16). The van der Waals surface area contributed by atoms with Crippen LogP contribution in [0.3, 0.4) is 0 Å². The number of rotatable bonds is 2. The van der Waals surface area contributed by atoms with Gasteiger partial charge in [0.15, 0.2) is 0 Å². The number of nitrogens with zero attached hydrogens (tertiary/aromatic N) is 3. The number of aryl methyl sites for hydroxylation is 1. The van der Waals surface area contributed by atoms with Crippen LogP contribution in [0, 0.1) is 6.92 Å². The van der Waals surface area contributed by atoms with Crippen LogP contribution < -0.4 is 10.6 Å². The molecule has 17 heavy (non-hydrogen) atoms. The molecule has 0 saturated carbocycles. The van der Waals surface area contributed by atoms with Gasteiger partial charge in [0.05, 0.1) is 0 Å². The van der Waals surface area contributed by atoms with Crippen LogP contribution >= 0.6 is 11.6 Å². The van der Waals surface area contributed by atoms with E-state index in [4.69, 9.17) is 17.3 Å². The molecule has 1 heterocycles. The molecule has 0 fully saturated rings. The van der Waals surface area contributed by atoms with E-state index in [1.807, 2.05) is 37.1 Å². The number of halogens is 1. The number of hydrogen-bond acceptors (Lipinski definition) is 4. The van der Waals surface area contributed by atoms with Crippen LogP contribution in [-0.4, -0.2) is 17.0 Å². The highest BCUT2D eigenvalue weighted by molar-refractivity contribution is 6.29. The van der Waals surface area contributed by atoms with Gasteiger partial charge in [-0.1, -0.05) is 23.7 Å². The minimum atomic E-state index is 0.173. The quantitative estimate of drug-likeness (QED) is 0.831. The summed E-state index contributed by atoms with van der Waals surface area (Å²) in [7, 11) is 1.91. The second kappa shape index (κ2) is 4.59. The van der Waals surface area contributed by atoms with Crippen molar-refractivity contribution in [3.05, 3.63) is 41.0 Å². The molecule has 0 saturated heterocycles. The number of nitrogen functional groups attached to an aromatic ring is 1. The van der Waals surface area contributed by atoms with Crippen LogP contribution in [0.15, 0.2) is 30.3 Å². The second-order valence-electron chi connectivity index (χ2n) is 3.81. The summed E-state index contributed by atoms with van der Waals surface area (Å²) in [6.07, 6.45) is 0. The monoisotopic (exact) mass is 248 g/mol. The molecular weight excluding hydrogens is 236 g/mol. The average molecular weight is 249 g/mol. The van der Waals surface area contributed by atoms with E-state index >= 15 is 0 Å². The van der Waals surface area contributed by atoms with Crippen LogP contribution in [0.1, 0.15) is 5.56 Å². The van der Waals surface area contributed by atoms with E-state index in [0.29, 0.717) is 11.0 Å². The molecular formula is C12H13ClN4. The summed E-state index contributed by atoms with van der Waals surface area (Å²) in [6, 6.07) is 9.78. The first-order valence-electron chi connectivity index (χ1n) is 5.17. The molecule has 2 N–H and O–H groups in total. The Bertz CT molecular complexity index is 522. The first-order chi connectivity index (χ1) is 8.06. The molecule has 0 aliphatic carbocycles. The van der Waals surface area contributed by atoms with Crippen molar-refractivity contribution >= 4 is 29.1 Å². The SMILES string of the molecule is Cc1cccc(N(C)c2cc(Cl)nc(N)n2)c1. The third-order valence-corrected chi connectivity index (χ3v) is 2.62. The lowest BCUT2D eigenvalue weighted by molar-refractivity contribution is 1.09. The Labute approximate surface area is 105 Å². The summed E-state index contributed by atoms with van der Waals surface area (Å²) in [4.78, 5) is 9.90. The second-order valence-corrected chi connectivity index (χ2v) is 4.19. The molecule has 5 heteroatoms. The summed E-state index contributed by atoms with van der Waals surface area (Å²) in [5.41, 5.74) is 7.78. The number of hydrogen-bond donors (Lipinski definition) is 1. The molecule has 0 atom stereocenters. The van der Waals surface area contributed by atoms with Gasteiger partial charge >= 0.3 is 0 Å². The molecule has 1 aromatic heterocycles. The van der Waals surface area contributed by atoms with Gasteiger partial charge < -0.3 is 10.6 Å². The molecule has 0 amide bonds. The van der Waals surface area contributed by atoms with E-state index in [2.05, 4.69) is 16.0 Å². The van der Waals surface area contributed by atoms with Crippen LogP contribution in [-0.2, 0) is 0 Å². The number of aromatic nitrogens is 2. The van der Waals surface area contributed by atoms with Crippen molar-refractivity contribution in [2.24, 2.45) is 0 Å². The van der Waals surface area contributed by atoms with Crippen molar-refractivity contribution in [3.8, 4) is 0 Å². The van der Waals surface area contributed by atoms with Crippen LogP contribution in [0.25, 0.3) is 0 Å². The molecule has 2 aromatic rings. The molecule has 0 radical (unpaired) electrons. The average Bonchev–Trinajstić information content (AvgIpc) is 2.26.